The summed E-state index contributed by atoms with van der Waals surface area (Å²) in [5.41, 5.74) is 3.38. The molecule has 1 aliphatic heterocycles. The second-order valence-electron chi connectivity index (χ2n) is 7.63. The van der Waals surface area contributed by atoms with E-state index in [1.807, 2.05) is 42.2 Å². The van der Waals surface area contributed by atoms with E-state index in [0.29, 0.717) is 23.3 Å². The summed E-state index contributed by atoms with van der Waals surface area (Å²) in [5, 5.41) is 0.997. The van der Waals surface area contributed by atoms with Crippen molar-refractivity contribution in [3.8, 4) is 0 Å². The number of likely N-dealkylation sites (tertiary alicyclic amines) is 1. The number of para-hydroxylation sites is 1. The molecule has 30 heavy (non-hydrogen) atoms. The third-order valence-corrected chi connectivity index (χ3v) is 6.92. The summed E-state index contributed by atoms with van der Waals surface area (Å²) in [4.78, 5) is 36.9. The lowest BCUT2D eigenvalue weighted by atomic mass is 10.1. The number of carbonyl (C=O) groups excluding carboxylic acids is 1. The van der Waals surface area contributed by atoms with Gasteiger partial charge in [0.2, 0.25) is 0 Å². The maximum Gasteiger partial charge on any atom is 0.272 e. The van der Waals surface area contributed by atoms with Crippen LogP contribution in [0.25, 0.3) is 21.3 Å². The first kappa shape index (κ1) is 18.9. The maximum absolute atomic E-state index is 13.4. The molecule has 0 unspecified atom stereocenters. The molecule has 5 rings (SSSR count). The van der Waals surface area contributed by atoms with Crippen molar-refractivity contribution in [2.24, 2.45) is 0 Å². The molecule has 3 heterocycles. The molecule has 2 aromatic carbocycles. The van der Waals surface area contributed by atoms with Crippen molar-refractivity contribution in [1.82, 2.24) is 19.4 Å². The topological polar surface area (TPSA) is 68.1 Å². The summed E-state index contributed by atoms with van der Waals surface area (Å²) < 4.78 is 2.85. The number of benzene rings is 2. The van der Waals surface area contributed by atoms with Crippen LogP contribution in [0.5, 0.6) is 0 Å². The first-order chi connectivity index (χ1) is 14.6. The molecule has 1 atom stereocenters. The van der Waals surface area contributed by atoms with E-state index in [-0.39, 0.29) is 17.5 Å². The Kier molecular flexibility index (Phi) is 4.62. The molecule has 0 aliphatic carbocycles. The number of aryl methyl sites for hydroxylation is 2. The molecule has 4 aromatic rings. The lowest BCUT2D eigenvalue weighted by Gasteiger charge is -2.23. The molecular weight excluding hydrogens is 396 g/mol. The Morgan fingerprint density at radius 1 is 1.17 bits per heavy atom. The average molecular weight is 419 g/mol. The van der Waals surface area contributed by atoms with E-state index in [9.17, 15) is 9.59 Å². The molecule has 2 aromatic heterocycles. The third kappa shape index (κ3) is 3.01. The highest BCUT2D eigenvalue weighted by Gasteiger charge is 2.33. The van der Waals surface area contributed by atoms with Gasteiger partial charge < -0.3 is 9.47 Å². The Balaban J connectivity index is 1.52. The van der Waals surface area contributed by atoms with Crippen LogP contribution < -0.4 is 5.56 Å². The molecule has 1 fully saturated rings. The lowest BCUT2D eigenvalue weighted by molar-refractivity contribution is 0.0735. The summed E-state index contributed by atoms with van der Waals surface area (Å²) in [6.07, 6.45) is 1.89. The molecule has 0 radical (unpaired) electrons. The number of rotatable bonds is 3. The van der Waals surface area contributed by atoms with Crippen LogP contribution in [0, 0.1) is 6.92 Å². The Morgan fingerprint density at radius 3 is 2.80 bits per heavy atom. The second kappa shape index (κ2) is 7.32. The number of amides is 1. The summed E-state index contributed by atoms with van der Waals surface area (Å²) in [5.74, 6) is -0.00708. The number of fused-ring (bicyclic) bond motifs is 2. The predicted octanol–water partition coefficient (Wildman–Crippen LogP) is 4.31. The van der Waals surface area contributed by atoms with Crippen LogP contribution in [0.15, 0.2) is 47.3 Å². The first-order valence-corrected chi connectivity index (χ1v) is 11.1. The van der Waals surface area contributed by atoms with E-state index in [1.165, 1.54) is 0 Å². The number of carbonyl (C=O) groups is 1. The van der Waals surface area contributed by atoms with Crippen LogP contribution in [0.2, 0.25) is 0 Å². The van der Waals surface area contributed by atoms with Crippen molar-refractivity contribution in [2.75, 3.05) is 6.54 Å². The van der Waals surface area contributed by atoms with Crippen LogP contribution in [0.3, 0.4) is 0 Å². The van der Waals surface area contributed by atoms with Gasteiger partial charge in [0, 0.05) is 18.7 Å². The van der Waals surface area contributed by atoms with Gasteiger partial charge in [-0.1, -0.05) is 12.1 Å². The van der Waals surface area contributed by atoms with Crippen molar-refractivity contribution >= 4 is 38.5 Å². The van der Waals surface area contributed by atoms with E-state index in [0.717, 1.165) is 40.1 Å². The minimum Gasteiger partial charge on any atom is -0.329 e. The van der Waals surface area contributed by atoms with Gasteiger partial charge >= 0.3 is 0 Å². The smallest absolute Gasteiger partial charge is 0.272 e. The third-order valence-electron chi connectivity index (χ3n) is 5.78. The van der Waals surface area contributed by atoms with Crippen LogP contribution in [-0.4, -0.2) is 31.9 Å². The summed E-state index contributed by atoms with van der Waals surface area (Å²) >= 11 is 1.67. The highest BCUT2D eigenvalue weighted by Crippen LogP contribution is 2.37. The van der Waals surface area contributed by atoms with Gasteiger partial charge in [-0.2, -0.15) is 0 Å². The minimum absolute atomic E-state index is 0.00453. The molecule has 7 heteroatoms. The number of thiazole rings is 1. The van der Waals surface area contributed by atoms with Gasteiger partial charge in [0.1, 0.15) is 10.7 Å². The van der Waals surface area contributed by atoms with E-state index < -0.39 is 0 Å². The second-order valence-corrected chi connectivity index (χ2v) is 8.69. The van der Waals surface area contributed by atoms with E-state index in [4.69, 9.17) is 4.98 Å². The highest BCUT2D eigenvalue weighted by molar-refractivity contribution is 7.18. The molecule has 1 saturated heterocycles. The summed E-state index contributed by atoms with van der Waals surface area (Å²) in [6.45, 7) is 4.94. The fourth-order valence-corrected chi connectivity index (χ4v) is 5.40. The van der Waals surface area contributed by atoms with Gasteiger partial charge in [-0.05, 0) is 57.0 Å². The Labute approximate surface area is 177 Å². The number of hydrogen-bond acceptors (Lipinski definition) is 5. The standard InChI is InChI=1S/C23H22N4O2S/c1-3-26-18-11-10-15(13-17(18)24-14(2)22(26)28)23(29)27-12-6-8-19(27)21-25-16-7-4-5-9-20(16)30-21/h4-5,7,9-11,13,19H,3,6,8,12H2,1-2H3/t19-/m1/s1. The highest BCUT2D eigenvalue weighted by atomic mass is 32.1. The maximum atomic E-state index is 13.4. The van der Waals surface area contributed by atoms with Crippen molar-refractivity contribution in [1.29, 1.82) is 0 Å². The van der Waals surface area contributed by atoms with Crippen LogP contribution in [0.1, 0.15) is 46.9 Å². The van der Waals surface area contributed by atoms with Crippen molar-refractivity contribution in [3.63, 3.8) is 0 Å². The number of nitrogens with zero attached hydrogens (tertiary/aromatic N) is 4. The monoisotopic (exact) mass is 418 g/mol. The molecule has 152 valence electrons. The zero-order valence-corrected chi connectivity index (χ0v) is 17.8. The summed E-state index contributed by atoms with van der Waals surface area (Å²) in [6, 6.07) is 13.5. The fraction of sp³-hybridized carbons (Fsp3) is 0.304. The molecule has 0 saturated carbocycles. The Morgan fingerprint density at radius 2 is 2.00 bits per heavy atom. The van der Waals surface area contributed by atoms with Crippen molar-refractivity contribution in [2.45, 2.75) is 39.3 Å². The zero-order valence-electron chi connectivity index (χ0n) is 17.0. The molecular formula is C23H22N4O2S. The Hall–Kier alpha value is -3.06. The summed E-state index contributed by atoms with van der Waals surface area (Å²) in [7, 11) is 0. The predicted molar refractivity (Wildman–Crippen MR) is 119 cm³/mol. The molecule has 0 bridgehead atoms. The zero-order chi connectivity index (χ0) is 20.8. The van der Waals surface area contributed by atoms with E-state index in [1.54, 1.807) is 28.9 Å². The van der Waals surface area contributed by atoms with Crippen molar-refractivity contribution in [3.05, 3.63) is 69.1 Å². The van der Waals surface area contributed by atoms with Gasteiger partial charge in [0.05, 0.1) is 27.3 Å². The molecule has 1 aliphatic rings. The minimum atomic E-state index is -0.0838. The quantitative estimate of drug-likeness (QED) is 0.497. The van der Waals surface area contributed by atoms with E-state index >= 15 is 0 Å². The van der Waals surface area contributed by atoms with Crippen molar-refractivity contribution < 1.29 is 4.79 Å². The average Bonchev–Trinajstić information content (AvgIpc) is 3.40. The molecule has 6 nitrogen and oxygen atoms in total. The lowest BCUT2D eigenvalue weighted by Crippen LogP contribution is -2.30. The van der Waals surface area contributed by atoms with Gasteiger partial charge in [-0.15, -0.1) is 11.3 Å². The number of hydrogen-bond donors (Lipinski definition) is 0. The van der Waals surface area contributed by atoms with Crippen LogP contribution in [-0.2, 0) is 6.54 Å². The largest absolute Gasteiger partial charge is 0.329 e. The van der Waals surface area contributed by atoms with Gasteiger partial charge in [-0.25, -0.2) is 9.97 Å². The normalized spacial score (nSPS) is 16.6. The van der Waals surface area contributed by atoms with Gasteiger partial charge in [-0.3, -0.25) is 9.59 Å². The van der Waals surface area contributed by atoms with Crippen LogP contribution >= 0.6 is 11.3 Å². The van der Waals surface area contributed by atoms with Gasteiger partial charge in [0.15, 0.2) is 0 Å². The molecule has 0 N–H and O–H groups in total. The SMILES string of the molecule is CCn1c(=O)c(C)nc2cc(C(=O)N3CCC[C@@H]3c3nc4ccccc4s3)ccc21. The number of aromatic nitrogens is 3. The van der Waals surface area contributed by atoms with E-state index in [2.05, 4.69) is 11.1 Å². The first-order valence-electron chi connectivity index (χ1n) is 10.2. The molecule has 1 amide bonds. The van der Waals surface area contributed by atoms with Gasteiger partial charge in [0.25, 0.3) is 11.5 Å². The van der Waals surface area contributed by atoms with Crippen LogP contribution in [0.4, 0.5) is 0 Å². The molecule has 0 spiro atoms. The fourth-order valence-electron chi connectivity index (χ4n) is 4.29. The Bertz CT molecular complexity index is 1310.